The van der Waals surface area contributed by atoms with Gasteiger partial charge in [0.15, 0.2) is 0 Å². The highest BCUT2D eigenvalue weighted by molar-refractivity contribution is 5.87. The minimum Gasteiger partial charge on any atom is -0.478 e. The summed E-state index contributed by atoms with van der Waals surface area (Å²) in [6.45, 7) is 1.05. The van der Waals surface area contributed by atoms with Crippen molar-refractivity contribution in [2.24, 2.45) is 0 Å². The Balaban J connectivity index is 1.82. The second-order valence-corrected chi connectivity index (χ2v) is 5.52. The number of carbonyl (C=O) groups is 1. The SMILES string of the molecule is CN(CCc1ccc(C(=O)O)cc1)C1CCCCC1. The van der Waals surface area contributed by atoms with Crippen LogP contribution in [0, 0.1) is 0 Å². The summed E-state index contributed by atoms with van der Waals surface area (Å²) in [6.07, 6.45) is 7.77. The van der Waals surface area contributed by atoms with Gasteiger partial charge < -0.3 is 10.0 Å². The molecule has 0 aromatic heterocycles. The van der Waals surface area contributed by atoms with Gasteiger partial charge in [-0.2, -0.15) is 0 Å². The van der Waals surface area contributed by atoms with E-state index in [2.05, 4.69) is 11.9 Å². The summed E-state index contributed by atoms with van der Waals surface area (Å²) in [5.41, 5.74) is 1.58. The van der Waals surface area contributed by atoms with Crippen molar-refractivity contribution in [2.75, 3.05) is 13.6 Å². The molecule has 19 heavy (non-hydrogen) atoms. The largest absolute Gasteiger partial charge is 0.478 e. The normalized spacial score (nSPS) is 16.7. The molecule has 0 unspecified atom stereocenters. The van der Waals surface area contributed by atoms with Crippen molar-refractivity contribution in [3.05, 3.63) is 35.4 Å². The quantitative estimate of drug-likeness (QED) is 0.885. The number of benzene rings is 1. The number of likely N-dealkylation sites (N-methyl/N-ethyl adjacent to an activating group) is 1. The molecular formula is C16H23NO2. The van der Waals surface area contributed by atoms with Crippen LogP contribution in [0.5, 0.6) is 0 Å². The lowest BCUT2D eigenvalue weighted by Crippen LogP contribution is -2.34. The molecule has 0 radical (unpaired) electrons. The van der Waals surface area contributed by atoms with Gasteiger partial charge in [-0.05, 0) is 44.0 Å². The Kier molecular flexibility index (Phi) is 4.97. The molecule has 3 heteroatoms. The van der Waals surface area contributed by atoms with E-state index in [1.807, 2.05) is 12.1 Å². The zero-order valence-electron chi connectivity index (χ0n) is 11.6. The van der Waals surface area contributed by atoms with Gasteiger partial charge in [-0.3, -0.25) is 0 Å². The number of rotatable bonds is 5. The molecule has 1 aliphatic carbocycles. The lowest BCUT2D eigenvalue weighted by molar-refractivity contribution is 0.0697. The molecule has 0 saturated heterocycles. The van der Waals surface area contributed by atoms with Crippen molar-refractivity contribution >= 4 is 5.97 Å². The van der Waals surface area contributed by atoms with E-state index >= 15 is 0 Å². The molecule has 1 saturated carbocycles. The van der Waals surface area contributed by atoms with Crippen LogP contribution in [-0.4, -0.2) is 35.6 Å². The van der Waals surface area contributed by atoms with Crippen LogP contribution < -0.4 is 0 Å². The molecule has 1 aromatic carbocycles. The van der Waals surface area contributed by atoms with Gasteiger partial charge in [0.25, 0.3) is 0 Å². The molecular weight excluding hydrogens is 238 g/mol. The minimum absolute atomic E-state index is 0.365. The molecule has 0 amide bonds. The lowest BCUT2D eigenvalue weighted by Gasteiger charge is -2.31. The maximum atomic E-state index is 10.8. The summed E-state index contributed by atoms with van der Waals surface area (Å²) in [6, 6.07) is 7.99. The fourth-order valence-electron chi connectivity index (χ4n) is 2.82. The number of hydrogen-bond donors (Lipinski definition) is 1. The van der Waals surface area contributed by atoms with Gasteiger partial charge in [0.2, 0.25) is 0 Å². The van der Waals surface area contributed by atoms with Crippen LogP contribution in [0.2, 0.25) is 0 Å². The van der Waals surface area contributed by atoms with Crippen LogP contribution in [0.4, 0.5) is 0 Å². The topological polar surface area (TPSA) is 40.5 Å². The fraction of sp³-hybridized carbons (Fsp3) is 0.562. The smallest absolute Gasteiger partial charge is 0.335 e. The Morgan fingerprint density at radius 2 is 1.84 bits per heavy atom. The monoisotopic (exact) mass is 261 g/mol. The highest BCUT2D eigenvalue weighted by Gasteiger charge is 2.17. The average molecular weight is 261 g/mol. The van der Waals surface area contributed by atoms with E-state index in [0.717, 1.165) is 19.0 Å². The summed E-state index contributed by atoms with van der Waals surface area (Å²) in [4.78, 5) is 13.2. The van der Waals surface area contributed by atoms with E-state index in [4.69, 9.17) is 5.11 Å². The Bertz CT molecular complexity index is 407. The zero-order valence-corrected chi connectivity index (χ0v) is 11.6. The van der Waals surface area contributed by atoms with Gasteiger partial charge in [0.05, 0.1) is 5.56 Å². The summed E-state index contributed by atoms with van der Waals surface area (Å²) >= 11 is 0. The van der Waals surface area contributed by atoms with Crippen molar-refractivity contribution in [1.29, 1.82) is 0 Å². The molecule has 0 bridgehead atoms. The predicted molar refractivity (Wildman–Crippen MR) is 76.6 cm³/mol. The number of carboxylic acids is 1. The molecule has 0 spiro atoms. The summed E-state index contributed by atoms with van der Waals surface area (Å²) in [5, 5.41) is 8.86. The Morgan fingerprint density at radius 1 is 1.21 bits per heavy atom. The van der Waals surface area contributed by atoms with E-state index < -0.39 is 5.97 Å². The van der Waals surface area contributed by atoms with Crippen molar-refractivity contribution in [3.8, 4) is 0 Å². The third-order valence-electron chi connectivity index (χ3n) is 4.15. The summed E-state index contributed by atoms with van der Waals surface area (Å²) in [7, 11) is 2.21. The first-order valence-corrected chi connectivity index (χ1v) is 7.19. The molecule has 1 fully saturated rings. The molecule has 1 aliphatic rings. The minimum atomic E-state index is -0.856. The Labute approximate surface area is 115 Å². The molecule has 1 N–H and O–H groups in total. The molecule has 2 rings (SSSR count). The molecule has 0 atom stereocenters. The number of aromatic carboxylic acids is 1. The van der Waals surface area contributed by atoms with Gasteiger partial charge >= 0.3 is 5.97 Å². The van der Waals surface area contributed by atoms with Crippen LogP contribution in [0.25, 0.3) is 0 Å². The maximum Gasteiger partial charge on any atom is 0.335 e. The third kappa shape index (κ3) is 4.06. The first kappa shape index (κ1) is 14.1. The standard InChI is InChI=1S/C16H23NO2/c1-17(15-5-3-2-4-6-15)12-11-13-7-9-14(10-8-13)16(18)19/h7-10,15H,2-6,11-12H2,1H3,(H,18,19). The summed E-state index contributed by atoms with van der Waals surface area (Å²) in [5.74, 6) is -0.856. The van der Waals surface area contributed by atoms with Crippen molar-refractivity contribution in [3.63, 3.8) is 0 Å². The van der Waals surface area contributed by atoms with E-state index in [9.17, 15) is 4.79 Å². The first-order chi connectivity index (χ1) is 9.16. The molecule has 0 heterocycles. The lowest BCUT2D eigenvalue weighted by atomic mass is 9.94. The predicted octanol–water partition coefficient (Wildman–Crippen LogP) is 3.19. The van der Waals surface area contributed by atoms with Crippen LogP contribution in [0.15, 0.2) is 24.3 Å². The third-order valence-corrected chi connectivity index (χ3v) is 4.15. The summed E-state index contributed by atoms with van der Waals surface area (Å²) < 4.78 is 0. The van der Waals surface area contributed by atoms with Crippen LogP contribution in [0.3, 0.4) is 0 Å². The zero-order chi connectivity index (χ0) is 13.7. The highest BCUT2D eigenvalue weighted by atomic mass is 16.4. The maximum absolute atomic E-state index is 10.8. The van der Waals surface area contributed by atoms with Crippen molar-refractivity contribution < 1.29 is 9.90 Å². The number of nitrogens with zero attached hydrogens (tertiary/aromatic N) is 1. The van der Waals surface area contributed by atoms with Gasteiger partial charge in [-0.25, -0.2) is 4.79 Å². The molecule has 104 valence electrons. The van der Waals surface area contributed by atoms with Crippen LogP contribution in [0.1, 0.15) is 48.0 Å². The van der Waals surface area contributed by atoms with E-state index in [-0.39, 0.29) is 0 Å². The van der Waals surface area contributed by atoms with Gasteiger partial charge in [0, 0.05) is 12.6 Å². The second-order valence-electron chi connectivity index (χ2n) is 5.52. The van der Waals surface area contributed by atoms with E-state index in [0.29, 0.717) is 5.56 Å². The Hall–Kier alpha value is -1.35. The fourth-order valence-corrected chi connectivity index (χ4v) is 2.82. The molecule has 1 aromatic rings. The molecule has 0 aliphatic heterocycles. The van der Waals surface area contributed by atoms with Crippen molar-refractivity contribution in [2.45, 2.75) is 44.6 Å². The van der Waals surface area contributed by atoms with E-state index in [1.165, 1.54) is 37.7 Å². The highest BCUT2D eigenvalue weighted by Crippen LogP contribution is 2.21. The van der Waals surface area contributed by atoms with Crippen LogP contribution >= 0.6 is 0 Å². The number of hydrogen-bond acceptors (Lipinski definition) is 2. The van der Waals surface area contributed by atoms with Crippen LogP contribution in [-0.2, 0) is 6.42 Å². The molecule has 3 nitrogen and oxygen atoms in total. The Morgan fingerprint density at radius 3 is 2.42 bits per heavy atom. The van der Waals surface area contributed by atoms with Gasteiger partial charge in [0.1, 0.15) is 0 Å². The van der Waals surface area contributed by atoms with Gasteiger partial charge in [-0.1, -0.05) is 31.4 Å². The first-order valence-electron chi connectivity index (χ1n) is 7.19. The number of carboxylic acid groups (broad SMARTS) is 1. The van der Waals surface area contributed by atoms with Gasteiger partial charge in [-0.15, -0.1) is 0 Å². The second kappa shape index (κ2) is 6.71. The van der Waals surface area contributed by atoms with E-state index in [1.54, 1.807) is 12.1 Å². The average Bonchev–Trinajstić information content (AvgIpc) is 2.46. The van der Waals surface area contributed by atoms with Crippen molar-refractivity contribution in [1.82, 2.24) is 4.90 Å².